The quantitative estimate of drug-likeness (QED) is 0.532. The molecule has 0 aromatic carbocycles. The minimum atomic E-state index is -0.0838. The Labute approximate surface area is 98.1 Å². The molecule has 0 aliphatic carbocycles. The van der Waals surface area contributed by atoms with Crippen molar-refractivity contribution in [1.29, 1.82) is 5.41 Å². The van der Waals surface area contributed by atoms with Crippen LogP contribution in [0.3, 0.4) is 0 Å². The molecule has 16 heavy (non-hydrogen) atoms. The molecule has 94 valence electrons. The zero-order valence-electron chi connectivity index (χ0n) is 10.8. The molecule has 5 heteroatoms. The molecule has 3 N–H and O–H groups in total. The average Bonchev–Trinajstić information content (AvgIpc) is 2.26. The van der Waals surface area contributed by atoms with Crippen LogP contribution in [-0.4, -0.2) is 47.8 Å². The highest BCUT2D eigenvalue weighted by Crippen LogP contribution is 2.04. The summed E-state index contributed by atoms with van der Waals surface area (Å²) in [4.78, 5) is 15.5. The number of nitrogens with zero attached hydrogens (tertiary/aromatic N) is 2. The Morgan fingerprint density at radius 1 is 1.19 bits per heavy atom. The van der Waals surface area contributed by atoms with Gasteiger partial charge < -0.3 is 15.5 Å². The number of amidine groups is 1. The molecule has 0 bridgehead atoms. The lowest BCUT2D eigenvalue weighted by atomic mass is 10.1. The maximum absolute atomic E-state index is 12.0. The first kappa shape index (κ1) is 14.7. The minimum absolute atomic E-state index is 0.0283. The molecular weight excluding hydrogens is 204 g/mol. The lowest BCUT2D eigenvalue weighted by Gasteiger charge is -2.30. The van der Waals surface area contributed by atoms with Crippen molar-refractivity contribution in [1.82, 2.24) is 9.80 Å². The van der Waals surface area contributed by atoms with Gasteiger partial charge in [-0.15, -0.1) is 0 Å². The van der Waals surface area contributed by atoms with Gasteiger partial charge in [0.1, 0.15) is 0 Å². The van der Waals surface area contributed by atoms with Crippen LogP contribution < -0.4 is 5.73 Å². The Morgan fingerprint density at radius 2 is 1.62 bits per heavy atom. The van der Waals surface area contributed by atoms with Crippen LogP contribution in [0.15, 0.2) is 0 Å². The van der Waals surface area contributed by atoms with Gasteiger partial charge in [-0.05, 0) is 20.8 Å². The molecular formula is C11H24N4O. The molecule has 0 saturated heterocycles. The van der Waals surface area contributed by atoms with Crippen molar-refractivity contribution in [2.75, 3.05) is 26.2 Å². The summed E-state index contributed by atoms with van der Waals surface area (Å²) in [6.45, 7) is 10.3. The predicted molar refractivity (Wildman–Crippen MR) is 66.6 cm³/mol. The molecule has 0 saturated carbocycles. The summed E-state index contributed by atoms with van der Waals surface area (Å²) >= 11 is 0. The maximum Gasteiger partial charge on any atom is 0.319 e. The van der Waals surface area contributed by atoms with E-state index in [2.05, 4.69) is 0 Å². The lowest BCUT2D eigenvalue weighted by Crippen LogP contribution is -2.46. The van der Waals surface area contributed by atoms with Crippen molar-refractivity contribution >= 4 is 11.9 Å². The van der Waals surface area contributed by atoms with Crippen LogP contribution in [0.1, 0.15) is 27.7 Å². The molecule has 0 aromatic rings. The monoisotopic (exact) mass is 228 g/mol. The van der Waals surface area contributed by atoms with E-state index in [1.807, 2.05) is 27.7 Å². The number of hydrogen-bond donors (Lipinski definition) is 2. The Kier molecular flexibility index (Phi) is 6.53. The number of nitrogens with two attached hydrogens (primary N) is 1. The third-order valence-corrected chi connectivity index (χ3v) is 2.71. The summed E-state index contributed by atoms with van der Waals surface area (Å²) < 4.78 is 0. The van der Waals surface area contributed by atoms with E-state index in [-0.39, 0.29) is 17.8 Å². The van der Waals surface area contributed by atoms with Crippen molar-refractivity contribution in [3.8, 4) is 0 Å². The van der Waals surface area contributed by atoms with E-state index < -0.39 is 0 Å². The van der Waals surface area contributed by atoms with E-state index in [4.69, 9.17) is 11.1 Å². The highest BCUT2D eigenvalue weighted by molar-refractivity contribution is 5.80. The Hall–Kier alpha value is -1.26. The number of rotatable bonds is 6. The van der Waals surface area contributed by atoms with E-state index in [9.17, 15) is 4.79 Å². The standard InChI is InChI=1S/C11H24N4O/c1-5-14(6-2)11(16)15(7-3)8-9(4)10(12)13/h9H,5-8H2,1-4H3,(H3,12,13). The van der Waals surface area contributed by atoms with Crippen LogP contribution in [0.5, 0.6) is 0 Å². The largest absolute Gasteiger partial charge is 0.387 e. The molecule has 0 heterocycles. The van der Waals surface area contributed by atoms with Crippen LogP contribution in [-0.2, 0) is 0 Å². The van der Waals surface area contributed by atoms with Gasteiger partial charge in [-0.2, -0.15) is 0 Å². The number of carbonyl (C=O) groups excluding carboxylic acids is 1. The molecule has 0 spiro atoms. The highest BCUT2D eigenvalue weighted by atomic mass is 16.2. The van der Waals surface area contributed by atoms with Crippen molar-refractivity contribution in [3.05, 3.63) is 0 Å². The van der Waals surface area contributed by atoms with E-state index in [0.29, 0.717) is 26.2 Å². The zero-order chi connectivity index (χ0) is 12.7. The molecule has 0 aliphatic rings. The molecule has 1 atom stereocenters. The Morgan fingerprint density at radius 3 is 1.94 bits per heavy atom. The fourth-order valence-corrected chi connectivity index (χ4v) is 1.47. The second-order valence-corrected chi connectivity index (χ2v) is 3.85. The fraction of sp³-hybridized carbons (Fsp3) is 0.818. The van der Waals surface area contributed by atoms with Crippen LogP contribution >= 0.6 is 0 Å². The Balaban J connectivity index is 4.48. The number of urea groups is 1. The van der Waals surface area contributed by atoms with Gasteiger partial charge in [-0.25, -0.2) is 4.79 Å². The SMILES string of the molecule is CCN(CC)C(=O)N(CC)CC(C)C(=N)N. The fourth-order valence-electron chi connectivity index (χ4n) is 1.47. The molecule has 0 rings (SSSR count). The smallest absolute Gasteiger partial charge is 0.319 e. The van der Waals surface area contributed by atoms with Gasteiger partial charge in [0.2, 0.25) is 0 Å². The van der Waals surface area contributed by atoms with E-state index in [0.717, 1.165) is 0 Å². The predicted octanol–water partition coefficient (Wildman–Crippen LogP) is 1.34. The minimum Gasteiger partial charge on any atom is -0.387 e. The summed E-state index contributed by atoms with van der Waals surface area (Å²) in [6, 6.07) is 0.0283. The third-order valence-electron chi connectivity index (χ3n) is 2.71. The van der Waals surface area contributed by atoms with Gasteiger partial charge in [0, 0.05) is 32.1 Å². The summed E-state index contributed by atoms with van der Waals surface area (Å²) in [6.07, 6.45) is 0. The second kappa shape index (κ2) is 7.09. The normalized spacial score (nSPS) is 12.0. The molecule has 5 nitrogen and oxygen atoms in total. The molecule has 0 aliphatic heterocycles. The highest BCUT2D eigenvalue weighted by Gasteiger charge is 2.19. The van der Waals surface area contributed by atoms with Gasteiger partial charge in [0.15, 0.2) is 0 Å². The molecule has 0 fully saturated rings. The van der Waals surface area contributed by atoms with Gasteiger partial charge >= 0.3 is 6.03 Å². The molecule has 2 amide bonds. The van der Waals surface area contributed by atoms with E-state index in [1.54, 1.807) is 9.80 Å². The molecule has 0 aromatic heterocycles. The van der Waals surface area contributed by atoms with Crippen molar-refractivity contribution in [2.45, 2.75) is 27.7 Å². The average molecular weight is 228 g/mol. The summed E-state index contributed by atoms with van der Waals surface area (Å²) in [5.74, 6) is 0.0465. The van der Waals surface area contributed by atoms with Crippen LogP contribution in [0.25, 0.3) is 0 Å². The van der Waals surface area contributed by atoms with Crippen molar-refractivity contribution in [2.24, 2.45) is 11.7 Å². The number of amides is 2. The molecule has 1 unspecified atom stereocenters. The van der Waals surface area contributed by atoms with Crippen molar-refractivity contribution in [3.63, 3.8) is 0 Å². The lowest BCUT2D eigenvalue weighted by molar-refractivity contribution is 0.157. The van der Waals surface area contributed by atoms with Crippen LogP contribution in [0, 0.1) is 11.3 Å². The summed E-state index contributed by atoms with van der Waals surface area (Å²) in [7, 11) is 0. The first-order valence-corrected chi connectivity index (χ1v) is 5.85. The number of carbonyl (C=O) groups is 1. The van der Waals surface area contributed by atoms with E-state index >= 15 is 0 Å². The topological polar surface area (TPSA) is 73.4 Å². The van der Waals surface area contributed by atoms with Gasteiger partial charge in [-0.1, -0.05) is 6.92 Å². The van der Waals surface area contributed by atoms with Crippen LogP contribution in [0.4, 0.5) is 4.79 Å². The first-order valence-electron chi connectivity index (χ1n) is 5.85. The summed E-state index contributed by atoms with van der Waals surface area (Å²) in [5, 5.41) is 7.33. The third kappa shape index (κ3) is 4.08. The van der Waals surface area contributed by atoms with E-state index in [1.165, 1.54) is 0 Å². The number of nitrogens with one attached hydrogen (secondary N) is 1. The molecule has 0 radical (unpaired) electrons. The zero-order valence-corrected chi connectivity index (χ0v) is 10.8. The van der Waals surface area contributed by atoms with Gasteiger partial charge in [-0.3, -0.25) is 5.41 Å². The second-order valence-electron chi connectivity index (χ2n) is 3.85. The Bertz CT molecular complexity index is 238. The van der Waals surface area contributed by atoms with Crippen LogP contribution in [0.2, 0.25) is 0 Å². The summed E-state index contributed by atoms with van der Waals surface area (Å²) in [5.41, 5.74) is 5.41. The number of hydrogen-bond acceptors (Lipinski definition) is 2. The first-order chi connectivity index (χ1) is 7.47. The van der Waals surface area contributed by atoms with Gasteiger partial charge in [0.05, 0.1) is 5.84 Å². The van der Waals surface area contributed by atoms with Crippen molar-refractivity contribution < 1.29 is 4.79 Å². The van der Waals surface area contributed by atoms with Gasteiger partial charge in [0.25, 0.3) is 0 Å². The maximum atomic E-state index is 12.0.